The van der Waals surface area contributed by atoms with Gasteiger partial charge in [0.1, 0.15) is 17.1 Å². The molecule has 1 heterocycles. The average molecular weight is 333 g/mol. The van der Waals surface area contributed by atoms with Crippen molar-refractivity contribution in [2.75, 3.05) is 19.5 Å². The lowest BCUT2D eigenvalue weighted by atomic mass is 10.1. The predicted molar refractivity (Wildman–Crippen MR) is 89.7 cm³/mol. The minimum atomic E-state index is -0.430. The van der Waals surface area contributed by atoms with Crippen molar-refractivity contribution in [3.63, 3.8) is 0 Å². The van der Waals surface area contributed by atoms with Crippen LogP contribution in [0.4, 0.5) is 6.01 Å². The Bertz CT molecular complexity index is 662. The molecule has 0 spiro atoms. The number of benzene rings is 1. The number of carbonyl (C=O) groups is 1. The van der Waals surface area contributed by atoms with Gasteiger partial charge in [0.25, 0.3) is 5.91 Å². The van der Waals surface area contributed by atoms with Crippen LogP contribution in [0.5, 0.6) is 11.5 Å². The van der Waals surface area contributed by atoms with Gasteiger partial charge in [-0.1, -0.05) is 37.9 Å². The number of anilines is 1. The molecular weight excluding hydrogens is 310 g/mol. The minimum absolute atomic E-state index is 0.0614. The Morgan fingerprint density at radius 2 is 1.92 bits per heavy atom. The summed E-state index contributed by atoms with van der Waals surface area (Å²) >= 11 is 0. The smallest absolute Gasteiger partial charge is 0.322 e. The molecule has 0 bridgehead atoms. The number of carbonyl (C=O) groups excluding carboxylic acids is 1. The first-order valence-electron chi connectivity index (χ1n) is 7.96. The second-order valence-corrected chi connectivity index (χ2v) is 5.48. The third-order valence-corrected chi connectivity index (χ3v) is 3.73. The van der Waals surface area contributed by atoms with Crippen molar-refractivity contribution in [1.29, 1.82) is 0 Å². The van der Waals surface area contributed by atoms with Gasteiger partial charge < -0.3 is 13.9 Å². The lowest BCUT2D eigenvalue weighted by molar-refractivity contribution is 0.101. The van der Waals surface area contributed by atoms with Crippen molar-refractivity contribution in [2.24, 2.45) is 0 Å². The lowest BCUT2D eigenvalue weighted by Gasteiger charge is -2.11. The Labute approximate surface area is 141 Å². The van der Waals surface area contributed by atoms with Gasteiger partial charge in [-0.05, 0) is 18.6 Å². The zero-order valence-electron chi connectivity index (χ0n) is 14.5. The summed E-state index contributed by atoms with van der Waals surface area (Å²) in [4.78, 5) is 12.5. The van der Waals surface area contributed by atoms with E-state index in [1.807, 2.05) is 6.92 Å². The molecular formula is C17H23N3O4. The topological polar surface area (TPSA) is 86.5 Å². The van der Waals surface area contributed by atoms with E-state index in [9.17, 15) is 4.79 Å². The molecule has 130 valence electrons. The van der Waals surface area contributed by atoms with E-state index >= 15 is 0 Å². The maximum absolute atomic E-state index is 12.5. The molecule has 1 amide bonds. The predicted octanol–water partition coefficient (Wildman–Crippen LogP) is 3.63. The fraction of sp³-hybridized carbons (Fsp3) is 0.471. The molecule has 0 fully saturated rings. The maximum atomic E-state index is 12.5. The molecule has 2 rings (SSSR count). The van der Waals surface area contributed by atoms with E-state index in [0.717, 1.165) is 19.3 Å². The van der Waals surface area contributed by atoms with Crippen LogP contribution >= 0.6 is 0 Å². The highest BCUT2D eigenvalue weighted by molar-refractivity contribution is 6.07. The Balaban J connectivity index is 2.15. The van der Waals surface area contributed by atoms with E-state index in [2.05, 4.69) is 22.4 Å². The first-order chi connectivity index (χ1) is 11.6. The highest BCUT2D eigenvalue weighted by Gasteiger charge is 2.21. The van der Waals surface area contributed by atoms with E-state index in [4.69, 9.17) is 13.9 Å². The SMILES string of the molecule is CCCCC(C)c1nnc(NC(=O)c2c(OC)cccc2OC)o1. The molecule has 1 aromatic carbocycles. The monoisotopic (exact) mass is 333 g/mol. The van der Waals surface area contributed by atoms with E-state index in [0.29, 0.717) is 17.4 Å². The second kappa shape index (κ2) is 8.33. The largest absolute Gasteiger partial charge is 0.496 e. The molecule has 1 atom stereocenters. The molecule has 0 saturated carbocycles. The Hall–Kier alpha value is -2.57. The van der Waals surface area contributed by atoms with Crippen LogP contribution in [0.3, 0.4) is 0 Å². The van der Waals surface area contributed by atoms with Gasteiger partial charge in [-0.25, -0.2) is 0 Å². The third kappa shape index (κ3) is 4.04. The van der Waals surface area contributed by atoms with Crippen LogP contribution < -0.4 is 14.8 Å². The van der Waals surface area contributed by atoms with Crippen LogP contribution in [-0.4, -0.2) is 30.3 Å². The number of unbranched alkanes of at least 4 members (excludes halogenated alkanes) is 1. The lowest BCUT2D eigenvalue weighted by Crippen LogP contribution is -2.14. The number of hydrogen-bond donors (Lipinski definition) is 1. The van der Waals surface area contributed by atoms with Gasteiger partial charge in [0.15, 0.2) is 0 Å². The Morgan fingerprint density at radius 3 is 2.50 bits per heavy atom. The summed E-state index contributed by atoms with van der Waals surface area (Å²) in [7, 11) is 2.98. The molecule has 7 nitrogen and oxygen atoms in total. The number of nitrogens with one attached hydrogen (secondary N) is 1. The number of aromatic nitrogens is 2. The van der Waals surface area contributed by atoms with E-state index in [1.165, 1.54) is 14.2 Å². The van der Waals surface area contributed by atoms with Crippen LogP contribution in [0.1, 0.15) is 55.3 Å². The molecule has 0 saturated heterocycles. The van der Waals surface area contributed by atoms with Gasteiger partial charge in [-0.3, -0.25) is 10.1 Å². The van der Waals surface area contributed by atoms with E-state index in [-0.39, 0.29) is 17.5 Å². The third-order valence-electron chi connectivity index (χ3n) is 3.73. The van der Waals surface area contributed by atoms with Gasteiger partial charge in [0, 0.05) is 5.92 Å². The second-order valence-electron chi connectivity index (χ2n) is 5.48. The summed E-state index contributed by atoms with van der Waals surface area (Å²) in [5, 5.41) is 10.5. The van der Waals surface area contributed by atoms with Crippen LogP contribution in [0.2, 0.25) is 0 Å². The Morgan fingerprint density at radius 1 is 1.25 bits per heavy atom. The molecule has 1 unspecified atom stereocenters. The van der Waals surface area contributed by atoms with Crippen molar-refractivity contribution in [3.8, 4) is 11.5 Å². The highest BCUT2D eigenvalue weighted by Crippen LogP contribution is 2.29. The highest BCUT2D eigenvalue weighted by atomic mass is 16.5. The molecule has 24 heavy (non-hydrogen) atoms. The molecule has 0 aliphatic rings. The van der Waals surface area contributed by atoms with Gasteiger partial charge in [0.05, 0.1) is 14.2 Å². The summed E-state index contributed by atoms with van der Waals surface area (Å²) in [5.74, 6) is 1.06. The molecule has 0 aliphatic carbocycles. The summed E-state index contributed by atoms with van der Waals surface area (Å²) in [6.07, 6.45) is 3.16. The Kier molecular flexibility index (Phi) is 6.17. The van der Waals surface area contributed by atoms with Crippen LogP contribution in [0, 0.1) is 0 Å². The molecule has 7 heteroatoms. The zero-order chi connectivity index (χ0) is 17.5. The molecule has 0 radical (unpaired) electrons. The first-order valence-corrected chi connectivity index (χ1v) is 7.96. The number of amides is 1. The summed E-state index contributed by atoms with van der Waals surface area (Å²) in [5.41, 5.74) is 0.279. The van der Waals surface area contributed by atoms with Crippen molar-refractivity contribution < 1.29 is 18.7 Å². The fourth-order valence-electron chi connectivity index (χ4n) is 2.35. The van der Waals surface area contributed by atoms with Crippen molar-refractivity contribution in [3.05, 3.63) is 29.7 Å². The van der Waals surface area contributed by atoms with Crippen molar-refractivity contribution in [1.82, 2.24) is 10.2 Å². The molecule has 2 aromatic rings. The molecule has 1 aromatic heterocycles. The van der Waals surface area contributed by atoms with E-state index in [1.54, 1.807) is 18.2 Å². The number of hydrogen-bond acceptors (Lipinski definition) is 6. The number of rotatable bonds is 8. The van der Waals surface area contributed by atoms with Crippen LogP contribution in [-0.2, 0) is 0 Å². The standard InChI is InChI=1S/C17H23N3O4/c1-5-6-8-11(2)16-19-20-17(24-16)18-15(21)14-12(22-3)9-7-10-13(14)23-4/h7,9-11H,5-6,8H2,1-4H3,(H,18,20,21). The first kappa shape index (κ1) is 17.8. The summed E-state index contributed by atoms with van der Waals surface area (Å²) in [6.45, 7) is 4.16. The van der Waals surface area contributed by atoms with Gasteiger partial charge >= 0.3 is 6.01 Å². The molecule has 1 N–H and O–H groups in total. The van der Waals surface area contributed by atoms with Crippen molar-refractivity contribution in [2.45, 2.75) is 39.0 Å². The maximum Gasteiger partial charge on any atom is 0.322 e. The average Bonchev–Trinajstić information content (AvgIpc) is 3.07. The van der Waals surface area contributed by atoms with E-state index < -0.39 is 5.91 Å². The van der Waals surface area contributed by atoms with Crippen LogP contribution in [0.15, 0.2) is 22.6 Å². The number of ether oxygens (including phenoxy) is 2. The fourth-order valence-corrected chi connectivity index (χ4v) is 2.35. The number of nitrogens with zero attached hydrogens (tertiary/aromatic N) is 2. The molecule has 0 aliphatic heterocycles. The van der Waals surface area contributed by atoms with Crippen molar-refractivity contribution >= 4 is 11.9 Å². The summed E-state index contributed by atoms with van der Waals surface area (Å²) < 4.78 is 16.0. The minimum Gasteiger partial charge on any atom is -0.496 e. The number of methoxy groups -OCH3 is 2. The van der Waals surface area contributed by atoms with Gasteiger partial charge in [-0.2, -0.15) is 0 Å². The van der Waals surface area contributed by atoms with Gasteiger partial charge in [-0.15, -0.1) is 5.10 Å². The van der Waals surface area contributed by atoms with Gasteiger partial charge in [0.2, 0.25) is 5.89 Å². The zero-order valence-corrected chi connectivity index (χ0v) is 14.5. The van der Waals surface area contributed by atoms with Crippen LogP contribution in [0.25, 0.3) is 0 Å². The quantitative estimate of drug-likeness (QED) is 0.794. The summed E-state index contributed by atoms with van der Waals surface area (Å²) in [6, 6.07) is 5.17. The normalized spacial score (nSPS) is 11.8.